The SMILES string of the molecule is CC1CN(c2n[nH]c(C3CCSC3)n2)CC(C)N1. The van der Waals surface area contributed by atoms with Crippen LogP contribution in [0.1, 0.15) is 32.0 Å². The molecule has 100 valence electrons. The molecule has 18 heavy (non-hydrogen) atoms. The number of hydrogen-bond acceptors (Lipinski definition) is 5. The number of nitrogens with zero attached hydrogens (tertiary/aromatic N) is 3. The summed E-state index contributed by atoms with van der Waals surface area (Å²) >= 11 is 2.01. The molecular weight excluding hydrogens is 246 g/mol. The van der Waals surface area contributed by atoms with Gasteiger partial charge in [-0.15, -0.1) is 5.10 Å². The molecule has 0 bridgehead atoms. The van der Waals surface area contributed by atoms with Crippen LogP contribution in [0.5, 0.6) is 0 Å². The molecular formula is C12H21N5S. The van der Waals surface area contributed by atoms with E-state index < -0.39 is 0 Å². The van der Waals surface area contributed by atoms with Crippen LogP contribution in [0, 0.1) is 0 Å². The van der Waals surface area contributed by atoms with Gasteiger partial charge < -0.3 is 10.2 Å². The molecule has 0 spiro atoms. The van der Waals surface area contributed by atoms with Crippen molar-refractivity contribution in [3.63, 3.8) is 0 Å². The lowest BCUT2D eigenvalue weighted by atomic mass is 10.1. The number of hydrogen-bond donors (Lipinski definition) is 2. The van der Waals surface area contributed by atoms with E-state index in [-0.39, 0.29) is 0 Å². The van der Waals surface area contributed by atoms with Crippen molar-refractivity contribution in [1.82, 2.24) is 20.5 Å². The van der Waals surface area contributed by atoms with E-state index in [1.54, 1.807) is 0 Å². The van der Waals surface area contributed by atoms with E-state index in [1.165, 1.54) is 17.9 Å². The normalized spacial score (nSPS) is 33.0. The van der Waals surface area contributed by atoms with Crippen LogP contribution >= 0.6 is 11.8 Å². The highest BCUT2D eigenvalue weighted by molar-refractivity contribution is 7.99. The Kier molecular flexibility index (Phi) is 3.48. The third kappa shape index (κ3) is 2.49. The first-order valence-electron chi connectivity index (χ1n) is 6.73. The smallest absolute Gasteiger partial charge is 0.244 e. The van der Waals surface area contributed by atoms with Gasteiger partial charge in [-0.05, 0) is 26.0 Å². The molecule has 3 rings (SSSR count). The topological polar surface area (TPSA) is 56.8 Å². The Morgan fingerprint density at radius 1 is 1.28 bits per heavy atom. The van der Waals surface area contributed by atoms with E-state index in [1.807, 2.05) is 11.8 Å². The first kappa shape index (κ1) is 12.3. The molecule has 0 aromatic carbocycles. The molecule has 2 fully saturated rings. The van der Waals surface area contributed by atoms with Crippen LogP contribution in [0.3, 0.4) is 0 Å². The van der Waals surface area contributed by atoms with Crippen molar-refractivity contribution in [2.45, 2.75) is 38.3 Å². The fourth-order valence-corrected chi connectivity index (χ4v) is 4.06. The second-order valence-corrected chi connectivity index (χ2v) is 6.60. The summed E-state index contributed by atoms with van der Waals surface area (Å²) in [5, 5.41) is 11.1. The number of H-pyrrole nitrogens is 1. The predicted octanol–water partition coefficient (Wildman–Crippen LogP) is 1.21. The average molecular weight is 267 g/mol. The fourth-order valence-electron chi connectivity index (χ4n) is 2.83. The molecule has 0 aliphatic carbocycles. The number of rotatable bonds is 2. The summed E-state index contributed by atoms with van der Waals surface area (Å²) in [5.41, 5.74) is 0. The molecule has 2 aliphatic heterocycles. The van der Waals surface area contributed by atoms with E-state index in [4.69, 9.17) is 4.98 Å². The first-order chi connectivity index (χ1) is 8.72. The van der Waals surface area contributed by atoms with E-state index in [0.717, 1.165) is 24.9 Å². The lowest BCUT2D eigenvalue weighted by Crippen LogP contribution is -2.54. The van der Waals surface area contributed by atoms with Crippen LogP contribution in [-0.4, -0.2) is 51.9 Å². The van der Waals surface area contributed by atoms with Gasteiger partial charge in [-0.1, -0.05) is 0 Å². The fraction of sp³-hybridized carbons (Fsp3) is 0.833. The second-order valence-electron chi connectivity index (χ2n) is 5.45. The maximum Gasteiger partial charge on any atom is 0.244 e. The zero-order valence-corrected chi connectivity index (χ0v) is 11.8. The summed E-state index contributed by atoms with van der Waals surface area (Å²) in [7, 11) is 0. The minimum Gasteiger partial charge on any atom is -0.336 e. The van der Waals surface area contributed by atoms with Gasteiger partial charge in [-0.2, -0.15) is 16.7 Å². The van der Waals surface area contributed by atoms with Crippen molar-refractivity contribution in [1.29, 1.82) is 0 Å². The highest BCUT2D eigenvalue weighted by Crippen LogP contribution is 2.30. The van der Waals surface area contributed by atoms with E-state index in [2.05, 4.69) is 34.3 Å². The van der Waals surface area contributed by atoms with Crippen molar-refractivity contribution >= 4 is 17.7 Å². The Morgan fingerprint density at radius 2 is 2.06 bits per heavy atom. The van der Waals surface area contributed by atoms with Crippen molar-refractivity contribution in [3.05, 3.63) is 5.82 Å². The van der Waals surface area contributed by atoms with Gasteiger partial charge in [0.15, 0.2) is 0 Å². The average Bonchev–Trinajstić information content (AvgIpc) is 2.99. The number of aromatic amines is 1. The maximum absolute atomic E-state index is 4.70. The van der Waals surface area contributed by atoms with Gasteiger partial charge >= 0.3 is 0 Å². The molecule has 2 N–H and O–H groups in total. The highest BCUT2D eigenvalue weighted by atomic mass is 32.2. The molecule has 2 saturated heterocycles. The third-order valence-corrected chi connectivity index (χ3v) is 4.81. The minimum absolute atomic E-state index is 0.498. The van der Waals surface area contributed by atoms with Crippen molar-refractivity contribution in [3.8, 4) is 0 Å². The standard InChI is InChI=1S/C12H21N5S/c1-8-5-17(6-9(2)13-8)12-14-11(15-16-12)10-3-4-18-7-10/h8-10,13H,3-7H2,1-2H3,(H,14,15,16). The molecule has 2 aliphatic rings. The van der Waals surface area contributed by atoms with E-state index in [0.29, 0.717) is 18.0 Å². The van der Waals surface area contributed by atoms with Gasteiger partial charge in [0.1, 0.15) is 5.82 Å². The number of thioether (sulfide) groups is 1. The highest BCUT2D eigenvalue weighted by Gasteiger charge is 2.26. The van der Waals surface area contributed by atoms with Crippen LogP contribution in [-0.2, 0) is 0 Å². The zero-order chi connectivity index (χ0) is 12.5. The van der Waals surface area contributed by atoms with Gasteiger partial charge in [-0.3, -0.25) is 5.10 Å². The monoisotopic (exact) mass is 267 g/mol. The largest absolute Gasteiger partial charge is 0.336 e. The lowest BCUT2D eigenvalue weighted by Gasteiger charge is -2.35. The Balaban J connectivity index is 1.72. The molecule has 3 unspecified atom stereocenters. The van der Waals surface area contributed by atoms with Gasteiger partial charge in [0, 0.05) is 36.8 Å². The quantitative estimate of drug-likeness (QED) is 0.843. The summed E-state index contributed by atoms with van der Waals surface area (Å²) < 4.78 is 0. The van der Waals surface area contributed by atoms with E-state index >= 15 is 0 Å². The van der Waals surface area contributed by atoms with Crippen molar-refractivity contribution < 1.29 is 0 Å². The van der Waals surface area contributed by atoms with Crippen molar-refractivity contribution in [2.24, 2.45) is 0 Å². The molecule has 5 nitrogen and oxygen atoms in total. The number of nitrogens with one attached hydrogen (secondary N) is 2. The van der Waals surface area contributed by atoms with Crippen LogP contribution in [0.25, 0.3) is 0 Å². The predicted molar refractivity (Wildman–Crippen MR) is 75.3 cm³/mol. The first-order valence-corrected chi connectivity index (χ1v) is 7.89. The molecule has 1 aromatic heterocycles. The molecule has 3 heterocycles. The summed E-state index contributed by atoms with van der Waals surface area (Å²) in [6.07, 6.45) is 1.23. The second kappa shape index (κ2) is 5.09. The van der Waals surface area contributed by atoms with Gasteiger partial charge in [0.05, 0.1) is 0 Å². The number of piperazine rings is 1. The Bertz CT molecular complexity index is 391. The van der Waals surface area contributed by atoms with Crippen LogP contribution < -0.4 is 10.2 Å². The molecule has 0 amide bonds. The van der Waals surface area contributed by atoms with Crippen LogP contribution in [0.15, 0.2) is 0 Å². The van der Waals surface area contributed by atoms with Gasteiger partial charge in [0.2, 0.25) is 5.95 Å². The third-order valence-electron chi connectivity index (χ3n) is 3.65. The number of aromatic nitrogens is 3. The summed E-state index contributed by atoms with van der Waals surface area (Å²) in [6, 6.07) is 0.996. The summed E-state index contributed by atoms with van der Waals surface area (Å²) in [5.74, 6) is 4.97. The Hall–Kier alpha value is -0.750. The Morgan fingerprint density at radius 3 is 2.72 bits per heavy atom. The number of anilines is 1. The maximum atomic E-state index is 4.70. The lowest BCUT2D eigenvalue weighted by molar-refractivity contribution is 0.403. The minimum atomic E-state index is 0.498. The van der Waals surface area contributed by atoms with Crippen LogP contribution in [0.2, 0.25) is 0 Å². The summed E-state index contributed by atoms with van der Waals surface area (Å²) in [6.45, 7) is 6.40. The zero-order valence-electron chi connectivity index (χ0n) is 11.0. The molecule has 3 atom stereocenters. The molecule has 0 radical (unpaired) electrons. The molecule has 0 saturated carbocycles. The molecule has 1 aromatic rings. The van der Waals surface area contributed by atoms with Gasteiger partial charge in [-0.25, -0.2) is 0 Å². The van der Waals surface area contributed by atoms with Gasteiger partial charge in [0.25, 0.3) is 0 Å². The van der Waals surface area contributed by atoms with Crippen LogP contribution in [0.4, 0.5) is 5.95 Å². The van der Waals surface area contributed by atoms with E-state index in [9.17, 15) is 0 Å². The van der Waals surface area contributed by atoms with Crippen molar-refractivity contribution in [2.75, 3.05) is 29.5 Å². The summed E-state index contributed by atoms with van der Waals surface area (Å²) in [4.78, 5) is 6.99. The molecule has 6 heteroatoms. The Labute approximate surface area is 112 Å².